The van der Waals surface area contributed by atoms with Crippen LogP contribution < -0.4 is 5.32 Å². The molecule has 2 atom stereocenters. The summed E-state index contributed by atoms with van der Waals surface area (Å²) in [5, 5.41) is 3.06. The van der Waals surface area contributed by atoms with Gasteiger partial charge >= 0.3 is 0 Å². The normalized spacial score (nSPS) is 20.3. The average Bonchev–Trinajstić information content (AvgIpc) is 2.91. The number of ether oxygens (including phenoxy) is 1. The second kappa shape index (κ2) is 6.56. The van der Waals surface area contributed by atoms with Crippen LogP contribution in [0.2, 0.25) is 0 Å². The molecule has 1 aliphatic rings. The van der Waals surface area contributed by atoms with Crippen LogP contribution in [0.3, 0.4) is 0 Å². The summed E-state index contributed by atoms with van der Waals surface area (Å²) < 4.78 is 18.5. The fourth-order valence-electron chi connectivity index (χ4n) is 2.61. The molecular weight excluding hydrogens is 269 g/mol. The quantitative estimate of drug-likeness (QED) is 0.921. The van der Waals surface area contributed by atoms with Crippen molar-refractivity contribution in [3.63, 3.8) is 0 Å². The number of hydrogen-bond acceptors (Lipinski definition) is 2. The summed E-state index contributed by atoms with van der Waals surface area (Å²) >= 11 is 0. The maximum Gasteiger partial charge on any atom is 0.249 e. The second-order valence-corrected chi connectivity index (χ2v) is 6.88. The lowest BCUT2D eigenvalue weighted by atomic mass is 9.85. The van der Waals surface area contributed by atoms with Crippen LogP contribution >= 0.6 is 0 Å². The van der Waals surface area contributed by atoms with E-state index in [-0.39, 0.29) is 29.3 Å². The summed E-state index contributed by atoms with van der Waals surface area (Å²) in [6, 6.07) is 6.22. The fourth-order valence-corrected chi connectivity index (χ4v) is 2.61. The van der Waals surface area contributed by atoms with Crippen molar-refractivity contribution >= 4 is 5.91 Å². The van der Waals surface area contributed by atoms with E-state index in [2.05, 4.69) is 26.1 Å². The molecule has 2 rings (SSSR count). The Balaban J connectivity index is 2.11. The van der Waals surface area contributed by atoms with Crippen molar-refractivity contribution in [3.8, 4) is 0 Å². The van der Waals surface area contributed by atoms with E-state index in [0.29, 0.717) is 6.61 Å². The number of rotatable bonds is 4. The summed E-state index contributed by atoms with van der Waals surface area (Å²) in [6.45, 7) is 7.03. The summed E-state index contributed by atoms with van der Waals surface area (Å²) in [5.74, 6) is -0.329. The third-order valence-electron chi connectivity index (χ3n) is 3.63. The molecule has 0 unspecified atom stereocenters. The van der Waals surface area contributed by atoms with Crippen LogP contribution in [0.15, 0.2) is 24.3 Å². The Bertz CT molecular complexity index is 473. The smallest absolute Gasteiger partial charge is 0.249 e. The Hall–Kier alpha value is -1.42. The minimum atomic E-state index is -0.340. The molecule has 1 aromatic rings. The molecule has 1 heterocycles. The lowest BCUT2D eigenvalue weighted by Crippen LogP contribution is -2.38. The highest BCUT2D eigenvalue weighted by Gasteiger charge is 2.28. The fraction of sp³-hybridized carbons (Fsp3) is 0.588. The van der Waals surface area contributed by atoms with Crippen molar-refractivity contribution in [2.24, 2.45) is 5.41 Å². The summed E-state index contributed by atoms with van der Waals surface area (Å²) in [6.07, 6.45) is 2.15. The average molecular weight is 293 g/mol. The van der Waals surface area contributed by atoms with Gasteiger partial charge in [0.1, 0.15) is 11.9 Å². The number of carbonyl (C=O) groups excluding carboxylic acids is 1. The van der Waals surface area contributed by atoms with Crippen LogP contribution in [0.4, 0.5) is 4.39 Å². The van der Waals surface area contributed by atoms with Gasteiger partial charge in [-0.2, -0.15) is 0 Å². The van der Waals surface area contributed by atoms with E-state index >= 15 is 0 Å². The van der Waals surface area contributed by atoms with Crippen molar-refractivity contribution in [1.82, 2.24) is 5.32 Å². The van der Waals surface area contributed by atoms with E-state index < -0.39 is 0 Å². The standard InChI is InChI=1S/C17H24FNO2/c1-17(2,3)11-14(12-6-8-13(18)9-7-12)19-16(20)15-5-4-10-21-15/h6-9,14-15H,4-5,10-11H2,1-3H3,(H,19,20)/t14-,15+/m0/s1. The van der Waals surface area contributed by atoms with E-state index in [1.54, 1.807) is 12.1 Å². The van der Waals surface area contributed by atoms with Gasteiger partial charge in [-0.25, -0.2) is 4.39 Å². The van der Waals surface area contributed by atoms with Gasteiger partial charge in [0.05, 0.1) is 6.04 Å². The van der Waals surface area contributed by atoms with Crippen LogP contribution in [0.1, 0.15) is 51.6 Å². The number of nitrogens with one attached hydrogen (secondary N) is 1. The van der Waals surface area contributed by atoms with Crippen LogP contribution in [0.25, 0.3) is 0 Å². The van der Waals surface area contributed by atoms with Crippen LogP contribution in [0, 0.1) is 11.2 Å². The SMILES string of the molecule is CC(C)(C)C[C@H](NC(=O)[C@H]1CCCO1)c1ccc(F)cc1. The number of amides is 1. The molecule has 0 aromatic heterocycles. The molecule has 1 saturated heterocycles. The second-order valence-electron chi connectivity index (χ2n) is 6.88. The van der Waals surface area contributed by atoms with Gasteiger partial charge in [0.2, 0.25) is 5.91 Å². The van der Waals surface area contributed by atoms with Gasteiger partial charge in [0.15, 0.2) is 0 Å². The van der Waals surface area contributed by atoms with E-state index in [4.69, 9.17) is 4.74 Å². The zero-order valence-corrected chi connectivity index (χ0v) is 13.0. The first-order valence-electron chi connectivity index (χ1n) is 7.52. The highest BCUT2D eigenvalue weighted by atomic mass is 19.1. The molecule has 0 saturated carbocycles. The molecule has 3 nitrogen and oxygen atoms in total. The van der Waals surface area contributed by atoms with Crippen molar-refractivity contribution < 1.29 is 13.9 Å². The Morgan fingerprint density at radius 3 is 2.57 bits per heavy atom. The number of halogens is 1. The molecule has 1 N–H and O–H groups in total. The lowest BCUT2D eigenvalue weighted by Gasteiger charge is -2.28. The number of hydrogen-bond donors (Lipinski definition) is 1. The minimum Gasteiger partial charge on any atom is -0.368 e. The molecule has 0 radical (unpaired) electrons. The Labute approximate surface area is 125 Å². The zero-order chi connectivity index (χ0) is 15.5. The Kier molecular flexibility index (Phi) is 4.99. The van der Waals surface area contributed by atoms with Gasteiger partial charge in [-0.15, -0.1) is 0 Å². The largest absolute Gasteiger partial charge is 0.368 e. The first-order valence-corrected chi connectivity index (χ1v) is 7.52. The van der Waals surface area contributed by atoms with Crippen molar-refractivity contribution in [3.05, 3.63) is 35.6 Å². The lowest BCUT2D eigenvalue weighted by molar-refractivity contribution is -0.131. The van der Waals surface area contributed by atoms with E-state index in [1.807, 2.05) is 0 Å². The highest BCUT2D eigenvalue weighted by Crippen LogP contribution is 2.30. The maximum atomic E-state index is 13.1. The van der Waals surface area contributed by atoms with E-state index in [9.17, 15) is 9.18 Å². The molecule has 1 amide bonds. The maximum absolute atomic E-state index is 13.1. The molecule has 116 valence electrons. The topological polar surface area (TPSA) is 38.3 Å². The van der Waals surface area contributed by atoms with Gasteiger partial charge in [-0.05, 0) is 42.4 Å². The van der Waals surface area contributed by atoms with Crippen molar-refractivity contribution in [1.29, 1.82) is 0 Å². The molecule has 1 aliphatic heterocycles. The predicted molar refractivity (Wildman–Crippen MR) is 80.3 cm³/mol. The Morgan fingerprint density at radius 2 is 2.05 bits per heavy atom. The van der Waals surface area contributed by atoms with E-state index in [1.165, 1.54) is 12.1 Å². The molecule has 1 fully saturated rings. The zero-order valence-electron chi connectivity index (χ0n) is 13.0. The molecule has 1 aromatic carbocycles. The molecule has 21 heavy (non-hydrogen) atoms. The summed E-state index contributed by atoms with van der Waals surface area (Å²) in [7, 11) is 0. The Morgan fingerprint density at radius 1 is 1.38 bits per heavy atom. The first-order chi connectivity index (χ1) is 9.85. The predicted octanol–water partition coefficient (Wildman–Crippen LogP) is 3.60. The molecule has 0 aliphatic carbocycles. The summed E-state index contributed by atoms with van der Waals surface area (Å²) in [4.78, 5) is 12.3. The van der Waals surface area contributed by atoms with Gasteiger partial charge in [-0.1, -0.05) is 32.9 Å². The van der Waals surface area contributed by atoms with Crippen LogP contribution in [-0.2, 0) is 9.53 Å². The van der Waals surface area contributed by atoms with E-state index in [0.717, 1.165) is 24.8 Å². The molecule has 0 bridgehead atoms. The molecule has 4 heteroatoms. The first kappa shape index (κ1) is 16.0. The van der Waals surface area contributed by atoms with Crippen LogP contribution in [-0.4, -0.2) is 18.6 Å². The third kappa shape index (κ3) is 4.81. The van der Waals surface area contributed by atoms with Gasteiger partial charge < -0.3 is 10.1 Å². The van der Waals surface area contributed by atoms with Gasteiger partial charge in [-0.3, -0.25) is 4.79 Å². The molecular formula is C17H24FNO2. The molecule has 0 spiro atoms. The van der Waals surface area contributed by atoms with Gasteiger partial charge in [0, 0.05) is 6.61 Å². The van der Waals surface area contributed by atoms with Gasteiger partial charge in [0.25, 0.3) is 0 Å². The third-order valence-corrected chi connectivity index (χ3v) is 3.63. The summed E-state index contributed by atoms with van der Waals surface area (Å²) in [5.41, 5.74) is 0.987. The number of carbonyl (C=O) groups is 1. The highest BCUT2D eigenvalue weighted by molar-refractivity contribution is 5.81. The number of benzene rings is 1. The monoisotopic (exact) mass is 293 g/mol. The minimum absolute atomic E-state index is 0.0584. The van der Waals surface area contributed by atoms with Crippen molar-refractivity contribution in [2.45, 2.75) is 52.2 Å². The van der Waals surface area contributed by atoms with Crippen molar-refractivity contribution in [2.75, 3.05) is 6.61 Å². The van der Waals surface area contributed by atoms with Crippen LogP contribution in [0.5, 0.6) is 0 Å².